The van der Waals surface area contributed by atoms with E-state index in [-0.39, 0.29) is 18.4 Å². The summed E-state index contributed by atoms with van der Waals surface area (Å²) >= 11 is 6.22. The van der Waals surface area contributed by atoms with Crippen LogP contribution in [-0.4, -0.2) is 29.8 Å². The molecule has 7 nitrogen and oxygen atoms in total. The van der Waals surface area contributed by atoms with Crippen molar-refractivity contribution in [3.05, 3.63) is 77.8 Å². The largest absolute Gasteiger partial charge is 0.497 e. The molecule has 0 saturated carbocycles. The molecule has 0 aliphatic heterocycles. The number of halogens is 1. The third-order valence-electron chi connectivity index (χ3n) is 4.39. The van der Waals surface area contributed by atoms with Gasteiger partial charge in [-0.3, -0.25) is 4.79 Å². The van der Waals surface area contributed by atoms with Gasteiger partial charge in [-0.2, -0.15) is 4.98 Å². The zero-order valence-electron chi connectivity index (χ0n) is 16.5. The van der Waals surface area contributed by atoms with Crippen molar-refractivity contribution in [2.45, 2.75) is 0 Å². The third kappa shape index (κ3) is 4.84. The Morgan fingerprint density at radius 3 is 2.45 bits per heavy atom. The second-order valence-corrected chi connectivity index (χ2v) is 6.87. The molecule has 3 aromatic carbocycles. The van der Waals surface area contributed by atoms with Gasteiger partial charge >= 0.3 is 0 Å². The fourth-order valence-corrected chi connectivity index (χ4v) is 3.09. The highest BCUT2D eigenvalue weighted by atomic mass is 35.5. The minimum absolute atomic E-state index is 0.186. The molecule has 1 amide bonds. The molecule has 0 spiro atoms. The molecule has 1 N–H and O–H groups in total. The van der Waals surface area contributed by atoms with Gasteiger partial charge in [0, 0.05) is 11.3 Å². The van der Waals surface area contributed by atoms with Crippen LogP contribution < -0.4 is 14.8 Å². The fourth-order valence-electron chi connectivity index (χ4n) is 2.87. The summed E-state index contributed by atoms with van der Waals surface area (Å²) in [7, 11) is 1.58. The van der Waals surface area contributed by atoms with Gasteiger partial charge < -0.3 is 19.3 Å². The molecule has 0 saturated heterocycles. The van der Waals surface area contributed by atoms with Crippen molar-refractivity contribution < 1.29 is 18.8 Å². The van der Waals surface area contributed by atoms with Gasteiger partial charge in [0.15, 0.2) is 6.61 Å². The Labute approximate surface area is 183 Å². The molecule has 4 aromatic rings. The summed E-state index contributed by atoms with van der Waals surface area (Å²) in [5, 5.41) is 7.31. The van der Waals surface area contributed by atoms with Gasteiger partial charge in [0.1, 0.15) is 11.5 Å². The molecule has 8 heteroatoms. The number of anilines is 1. The van der Waals surface area contributed by atoms with Crippen LogP contribution in [0.2, 0.25) is 5.02 Å². The van der Waals surface area contributed by atoms with Crippen LogP contribution in [0, 0.1) is 0 Å². The molecule has 0 aliphatic carbocycles. The molecule has 0 aliphatic rings. The zero-order chi connectivity index (χ0) is 21.6. The van der Waals surface area contributed by atoms with E-state index in [1.807, 2.05) is 24.3 Å². The van der Waals surface area contributed by atoms with Crippen LogP contribution in [0.3, 0.4) is 0 Å². The fraction of sp³-hybridized carbons (Fsp3) is 0.0870. The number of nitrogens with one attached hydrogen (secondary N) is 1. The summed E-state index contributed by atoms with van der Waals surface area (Å²) in [6, 6.07) is 21.4. The van der Waals surface area contributed by atoms with Crippen LogP contribution in [0.25, 0.3) is 22.8 Å². The summed E-state index contributed by atoms with van der Waals surface area (Å²) in [5.74, 6) is 1.48. The molecular formula is C23H18ClN3O4. The topological polar surface area (TPSA) is 86.5 Å². The number of aromatic nitrogens is 2. The normalized spacial score (nSPS) is 10.5. The van der Waals surface area contributed by atoms with E-state index in [0.29, 0.717) is 39.2 Å². The Bertz CT molecular complexity index is 1190. The summed E-state index contributed by atoms with van der Waals surface area (Å²) in [6.07, 6.45) is 0. The average Bonchev–Trinajstić information content (AvgIpc) is 3.28. The van der Waals surface area contributed by atoms with Crippen LogP contribution in [-0.2, 0) is 4.79 Å². The maximum atomic E-state index is 12.3. The molecule has 31 heavy (non-hydrogen) atoms. The second-order valence-electron chi connectivity index (χ2n) is 6.46. The highest BCUT2D eigenvalue weighted by molar-refractivity contribution is 6.33. The minimum Gasteiger partial charge on any atom is -0.497 e. The first-order valence-electron chi connectivity index (χ1n) is 9.39. The van der Waals surface area contributed by atoms with E-state index in [0.717, 1.165) is 0 Å². The number of carbonyl (C=O) groups is 1. The van der Waals surface area contributed by atoms with E-state index in [1.54, 1.807) is 55.6 Å². The lowest BCUT2D eigenvalue weighted by Gasteiger charge is -2.10. The van der Waals surface area contributed by atoms with Crippen LogP contribution in [0.4, 0.5) is 5.69 Å². The van der Waals surface area contributed by atoms with E-state index < -0.39 is 0 Å². The Balaban J connectivity index is 1.46. The van der Waals surface area contributed by atoms with Crippen molar-refractivity contribution in [1.29, 1.82) is 0 Å². The van der Waals surface area contributed by atoms with Crippen molar-refractivity contribution >= 4 is 23.2 Å². The summed E-state index contributed by atoms with van der Waals surface area (Å²) < 4.78 is 16.2. The maximum Gasteiger partial charge on any atom is 0.262 e. The Hall–Kier alpha value is -3.84. The average molecular weight is 436 g/mol. The Morgan fingerprint density at radius 2 is 1.71 bits per heavy atom. The molecule has 4 rings (SSSR count). The van der Waals surface area contributed by atoms with E-state index in [1.165, 1.54) is 0 Å². The number of amides is 1. The number of benzene rings is 3. The van der Waals surface area contributed by atoms with Crippen LogP contribution >= 0.6 is 11.6 Å². The van der Waals surface area contributed by atoms with Crippen molar-refractivity contribution in [2.24, 2.45) is 0 Å². The standard InChI is InChI=1S/C23H18ClN3O4/c1-29-16-12-10-15(11-13-16)25-21(28)14-30-20-9-5-3-7-18(20)23-26-22(27-31-23)17-6-2-4-8-19(17)24/h2-13H,14H2,1H3,(H,25,28). The number of hydrogen-bond donors (Lipinski definition) is 1. The predicted molar refractivity (Wildman–Crippen MR) is 117 cm³/mol. The SMILES string of the molecule is COc1ccc(NC(=O)COc2ccccc2-c2nc(-c3ccccc3Cl)no2)cc1. The maximum absolute atomic E-state index is 12.3. The van der Waals surface area contributed by atoms with Gasteiger partial charge in [0.2, 0.25) is 5.82 Å². The molecule has 0 bridgehead atoms. The molecular weight excluding hydrogens is 418 g/mol. The van der Waals surface area contributed by atoms with Gasteiger partial charge in [0.25, 0.3) is 11.8 Å². The van der Waals surface area contributed by atoms with Crippen molar-refractivity contribution in [3.63, 3.8) is 0 Å². The lowest BCUT2D eigenvalue weighted by atomic mass is 10.2. The van der Waals surface area contributed by atoms with Crippen LogP contribution in [0.5, 0.6) is 11.5 Å². The summed E-state index contributed by atoms with van der Waals surface area (Å²) in [4.78, 5) is 16.7. The van der Waals surface area contributed by atoms with E-state index >= 15 is 0 Å². The van der Waals surface area contributed by atoms with Crippen molar-refractivity contribution in [2.75, 3.05) is 19.0 Å². The number of rotatable bonds is 7. The first-order valence-corrected chi connectivity index (χ1v) is 9.76. The first kappa shape index (κ1) is 20.4. The molecule has 0 radical (unpaired) electrons. The molecule has 1 heterocycles. The van der Waals surface area contributed by atoms with Crippen molar-refractivity contribution in [3.8, 4) is 34.3 Å². The quantitative estimate of drug-likeness (QED) is 0.435. The number of ether oxygens (including phenoxy) is 2. The predicted octanol–water partition coefficient (Wildman–Crippen LogP) is 5.08. The smallest absolute Gasteiger partial charge is 0.262 e. The molecule has 1 aromatic heterocycles. The number of nitrogens with zero attached hydrogens (tertiary/aromatic N) is 2. The highest BCUT2D eigenvalue weighted by Gasteiger charge is 2.17. The number of methoxy groups -OCH3 is 1. The Morgan fingerprint density at radius 1 is 1.00 bits per heavy atom. The summed E-state index contributed by atoms with van der Waals surface area (Å²) in [6.45, 7) is -0.186. The lowest BCUT2D eigenvalue weighted by molar-refractivity contribution is -0.118. The van der Waals surface area contributed by atoms with Gasteiger partial charge in [-0.1, -0.05) is 41.0 Å². The first-order chi connectivity index (χ1) is 15.1. The van der Waals surface area contributed by atoms with E-state index in [4.69, 9.17) is 25.6 Å². The Kier molecular flexibility index (Phi) is 6.14. The van der Waals surface area contributed by atoms with Crippen LogP contribution in [0.1, 0.15) is 0 Å². The van der Waals surface area contributed by atoms with E-state index in [2.05, 4.69) is 15.5 Å². The monoisotopic (exact) mass is 435 g/mol. The third-order valence-corrected chi connectivity index (χ3v) is 4.72. The molecule has 0 fully saturated rings. The second kappa shape index (κ2) is 9.32. The highest BCUT2D eigenvalue weighted by Crippen LogP contribution is 2.32. The zero-order valence-corrected chi connectivity index (χ0v) is 17.3. The molecule has 0 atom stereocenters. The van der Waals surface area contributed by atoms with Crippen molar-refractivity contribution in [1.82, 2.24) is 10.1 Å². The summed E-state index contributed by atoms with van der Waals surface area (Å²) in [5.41, 5.74) is 1.88. The molecule has 0 unspecified atom stereocenters. The van der Waals surface area contributed by atoms with E-state index in [9.17, 15) is 4.79 Å². The van der Waals surface area contributed by atoms with Gasteiger partial charge in [-0.15, -0.1) is 0 Å². The number of carbonyl (C=O) groups excluding carboxylic acids is 1. The lowest BCUT2D eigenvalue weighted by Crippen LogP contribution is -2.20. The van der Waals surface area contributed by atoms with Gasteiger partial charge in [-0.05, 0) is 48.5 Å². The van der Waals surface area contributed by atoms with Crippen LogP contribution in [0.15, 0.2) is 77.3 Å². The van der Waals surface area contributed by atoms with Gasteiger partial charge in [0.05, 0.1) is 17.7 Å². The minimum atomic E-state index is -0.303. The van der Waals surface area contributed by atoms with Gasteiger partial charge in [-0.25, -0.2) is 0 Å². The number of para-hydroxylation sites is 1. The molecule has 156 valence electrons. The number of hydrogen-bond acceptors (Lipinski definition) is 6.